The summed E-state index contributed by atoms with van der Waals surface area (Å²) in [5.74, 6) is 0.993. The van der Waals surface area contributed by atoms with E-state index in [4.69, 9.17) is 30.5 Å². The van der Waals surface area contributed by atoms with Gasteiger partial charge in [-0.25, -0.2) is 9.79 Å². The zero-order valence-electron chi connectivity index (χ0n) is 23.5. The van der Waals surface area contributed by atoms with Crippen molar-refractivity contribution < 1.29 is 23.7 Å². The minimum Gasteiger partial charge on any atom is -0.497 e. The Balaban J connectivity index is 1.58. The molecule has 8 nitrogen and oxygen atoms in total. The van der Waals surface area contributed by atoms with Crippen LogP contribution in [0.1, 0.15) is 36.6 Å². The number of fused-ring (bicyclic) bond motifs is 1. The topological polar surface area (TPSA) is 88.4 Å². The molecule has 0 fully saturated rings. The SMILES string of the molecule is CCOC(=O)C1=C(C)N=c2s/c(=C\c3cc(Cl)c(OCc4ccccc4)c(OC)c3)c(=O)n2C1c1ccc(OC)cc1. The Kier molecular flexibility index (Phi) is 8.80. The number of thiazole rings is 1. The summed E-state index contributed by atoms with van der Waals surface area (Å²) in [7, 11) is 3.11. The first-order valence-electron chi connectivity index (χ1n) is 13.2. The van der Waals surface area contributed by atoms with Crippen molar-refractivity contribution in [2.24, 2.45) is 4.99 Å². The number of methoxy groups -OCH3 is 2. The molecule has 1 aromatic heterocycles. The molecule has 0 spiro atoms. The van der Waals surface area contributed by atoms with E-state index in [9.17, 15) is 9.59 Å². The summed E-state index contributed by atoms with van der Waals surface area (Å²) in [6.45, 7) is 4.01. The molecule has 10 heteroatoms. The Labute approximate surface area is 251 Å². The first kappa shape index (κ1) is 29.2. The van der Waals surface area contributed by atoms with Crippen LogP contribution in [0.5, 0.6) is 17.2 Å². The lowest BCUT2D eigenvalue weighted by Gasteiger charge is -2.24. The number of hydrogen-bond donors (Lipinski definition) is 0. The van der Waals surface area contributed by atoms with E-state index in [2.05, 4.69) is 4.99 Å². The van der Waals surface area contributed by atoms with E-state index in [0.29, 0.717) is 55.0 Å². The monoisotopic (exact) mass is 604 g/mol. The highest BCUT2D eigenvalue weighted by atomic mass is 35.5. The molecule has 1 unspecified atom stereocenters. The van der Waals surface area contributed by atoms with Crippen molar-refractivity contribution in [1.82, 2.24) is 4.57 Å². The zero-order valence-corrected chi connectivity index (χ0v) is 25.1. The average Bonchev–Trinajstić information content (AvgIpc) is 3.30. The highest BCUT2D eigenvalue weighted by molar-refractivity contribution is 7.07. The molecule has 0 saturated heterocycles. The minimum atomic E-state index is -0.722. The largest absolute Gasteiger partial charge is 0.497 e. The van der Waals surface area contributed by atoms with Gasteiger partial charge in [0.1, 0.15) is 12.4 Å². The number of halogens is 1. The van der Waals surface area contributed by atoms with E-state index in [-0.39, 0.29) is 12.2 Å². The Morgan fingerprint density at radius 2 is 1.81 bits per heavy atom. The maximum atomic E-state index is 13.9. The molecule has 0 saturated carbocycles. The number of benzene rings is 3. The number of esters is 1. The van der Waals surface area contributed by atoms with Crippen molar-refractivity contribution in [1.29, 1.82) is 0 Å². The van der Waals surface area contributed by atoms with E-state index in [1.165, 1.54) is 23.0 Å². The fourth-order valence-electron chi connectivity index (χ4n) is 4.74. The molecule has 216 valence electrons. The van der Waals surface area contributed by atoms with Crippen molar-refractivity contribution in [3.05, 3.63) is 119 Å². The molecule has 5 rings (SSSR count). The fourth-order valence-corrected chi connectivity index (χ4v) is 6.06. The summed E-state index contributed by atoms with van der Waals surface area (Å²) in [5, 5.41) is 0.348. The predicted molar refractivity (Wildman–Crippen MR) is 162 cm³/mol. The average molecular weight is 605 g/mol. The smallest absolute Gasteiger partial charge is 0.338 e. The van der Waals surface area contributed by atoms with Crippen LogP contribution in [0.25, 0.3) is 6.08 Å². The van der Waals surface area contributed by atoms with Gasteiger partial charge in [-0.3, -0.25) is 9.36 Å². The minimum absolute atomic E-state index is 0.197. The van der Waals surface area contributed by atoms with E-state index < -0.39 is 12.0 Å². The quantitative estimate of drug-likeness (QED) is 0.249. The molecule has 0 amide bonds. The molecule has 1 aliphatic rings. The molecule has 0 bridgehead atoms. The molecule has 0 radical (unpaired) electrons. The highest BCUT2D eigenvalue weighted by Crippen LogP contribution is 2.37. The Morgan fingerprint density at radius 1 is 1.07 bits per heavy atom. The molecule has 2 heterocycles. The molecule has 42 heavy (non-hydrogen) atoms. The second kappa shape index (κ2) is 12.7. The summed E-state index contributed by atoms with van der Waals surface area (Å²) in [4.78, 5) is 32.1. The predicted octanol–water partition coefficient (Wildman–Crippen LogP) is 5.05. The summed E-state index contributed by atoms with van der Waals surface area (Å²) in [6, 6.07) is 19.7. The van der Waals surface area contributed by atoms with Crippen LogP contribution in [0, 0.1) is 0 Å². The zero-order chi connectivity index (χ0) is 29.8. The number of rotatable bonds is 9. The third-order valence-electron chi connectivity index (χ3n) is 6.72. The van der Waals surface area contributed by atoms with Gasteiger partial charge in [0, 0.05) is 0 Å². The number of carbonyl (C=O) groups is 1. The lowest BCUT2D eigenvalue weighted by atomic mass is 9.96. The third-order valence-corrected chi connectivity index (χ3v) is 7.99. The molecular weight excluding hydrogens is 576 g/mol. The van der Waals surface area contributed by atoms with Crippen LogP contribution in [-0.4, -0.2) is 31.4 Å². The van der Waals surface area contributed by atoms with Crippen molar-refractivity contribution in [3.63, 3.8) is 0 Å². The summed E-state index contributed by atoms with van der Waals surface area (Å²) in [5.41, 5.74) is 2.87. The van der Waals surface area contributed by atoms with Gasteiger partial charge in [-0.15, -0.1) is 0 Å². The second-order valence-corrected chi connectivity index (χ2v) is 10.8. The molecule has 4 aromatic rings. The number of nitrogens with zero attached hydrogens (tertiary/aromatic N) is 2. The molecule has 0 aliphatic carbocycles. The Hall–Kier alpha value is -4.34. The highest BCUT2D eigenvalue weighted by Gasteiger charge is 2.33. The Morgan fingerprint density at radius 3 is 2.48 bits per heavy atom. The molecule has 0 N–H and O–H groups in total. The maximum Gasteiger partial charge on any atom is 0.338 e. The first-order valence-corrected chi connectivity index (χ1v) is 14.4. The van der Waals surface area contributed by atoms with E-state index >= 15 is 0 Å². The van der Waals surface area contributed by atoms with Crippen LogP contribution in [-0.2, 0) is 16.1 Å². The van der Waals surface area contributed by atoms with Gasteiger partial charge in [-0.1, -0.05) is 65.4 Å². The lowest BCUT2D eigenvalue weighted by Crippen LogP contribution is -2.39. The van der Waals surface area contributed by atoms with E-state index in [1.807, 2.05) is 42.5 Å². The number of carbonyl (C=O) groups excluding carboxylic acids is 1. The van der Waals surface area contributed by atoms with Crippen LogP contribution >= 0.6 is 22.9 Å². The van der Waals surface area contributed by atoms with Crippen LogP contribution in [0.2, 0.25) is 5.02 Å². The van der Waals surface area contributed by atoms with Crippen molar-refractivity contribution >= 4 is 35.0 Å². The summed E-state index contributed by atoms with van der Waals surface area (Å²) >= 11 is 7.85. The van der Waals surface area contributed by atoms with Crippen molar-refractivity contribution in [3.8, 4) is 17.2 Å². The van der Waals surface area contributed by atoms with E-state index in [0.717, 1.165) is 11.1 Å². The maximum absolute atomic E-state index is 13.9. The first-order chi connectivity index (χ1) is 20.3. The normalized spacial score (nSPS) is 14.7. The summed E-state index contributed by atoms with van der Waals surface area (Å²) in [6.07, 6.45) is 1.73. The standard InChI is InChI=1S/C32H29ClN2O6S/c1-5-40-31(37)27-19(2)34-32-35(28(27)22-11-13-23(38-3)14-12-22)30(36)26(42-32)17-21-15-24(33)29(25(16-21)39-4)41-18-20-9-7-6-8-10-20/h6-17,28H,5,18H2,1-4H3/b26-17-. The number of aromatic nitrogens is 1. The van der Waals surface area contributed by atoms with Crippen molar-refractivity contribution in [2.45, 2.75) is 26.5 Å². The number of ether oxygens (including phenoxy) is 4. The third kappa shape index (κ3) is 5.84. The van der Waals surface area contributed by atoms with Gasteiger partial charge < -0.3 is 18.9 Å². The van der Waals surface area contributed by atoms with Crippen LogP contribution in [0.4, 0.5) is 0 Å². The second-order valence-electron chi connectivity index (χ2n) is 9.38. The van der Waals surface area contributed by atoms with Crippen LogP contribution in [0.15, 0.2) is 87.8 Å². The number of hydrogen-bond acceptors (Lipinski definition) is 8. The summed E-state index contributed by atoms with van der Waals surface area (Å²) < 4.78 is 24.2. The van der Waals surface area contributed by atoms with Gasteiger partial charge in [-0.05, 0) is 60.9 Å². The van der Waals surface area contributed by atoms with Crippen LogP contribution < -0.4 is 29.1 Å². The molecular formula is C32H29ClN2O6S. The van der Waals surface area contributed by atoms with Gasteiger partial charge in [0.25, 0.3) is 5.56 Å². The molecule has 1 aliphatic heterocycles. The van der Waals surface area contributed by atoms with Gasteiger partial charge in [0.05, 0.1) is 47.7 Å². The van der Waals surface area contributed by atoms with Crippen molar-refractivity contribution in [2.75, 3.05) is 20.8 Å². The van der Waals surface area contributed by atoms with Gasteiger partial charge in [-0.2, -0.15) is 0 Å². The molecule has 1 atom stereocenters. The van der Waals surface area contributed by atoms with Gasteiger partial charge in [0.2, 0.25) is 0 Å². The van der Waals surface area contributed by atoms with E-state index in [1.54, 1.807) is 51.3 Å². The van der Waals surface area contributed by atoms with Crippen LogP contribution in [0.3, 0.4) is 0 Å². The Bertz CT molecular complexity index is 1830. The van der Waals surface area contributed by atoms with Gasteiger partial charge >= 0.3 is 5.97 Å². The molecule has 3 aromatic carbocycles. The van der Waals surface area contributed by atoms with Gasteiger partial charge in [0.15, 0.2) is 16.3 Å². The fraction of sp³-hybridized carbons (Fsp3) is 0.219. The number of allylic oxidation sites excluding steroid dienone is 1. The lowest BCUT2D eigenvalue weighted by molar-refractivity contribution is -0.139.